The smallest absolute Gasteiger partial charge is 0.257 e. The van der Waals surface area contributed by atoms with Crippen molar-refractivity contribution in [1.29, 1.82) is 0 Å². The van der Waals surface area contributed by atoms with Crippen LogP contribution in [0.2, 0.25) is 0 Å². The summed E-state index contributed by atoms with van der Waals surface area (Å²) >= 11 is 0. The van der Waals surface area contributed by atoms with Gasteiger partial charge in [-0.1, -0.05) is 6.92 Å². The lowest BCUT2D eigenvalue weighted by molar-refractivity contribution is 0.0744. The number of aromatic hydroxyl groups is 1. The number of carbonyl (C=O) groups excluding carboxylic acids is 1. The summed E-state index contributed by atoms with van der Waals surface area (Å²) in [6.07, 6.45) is 2.31. The molecule has 0 aliphatic carbocycles. The van der Waals surface area contributed by atoms with Crippen LogP contribution in [-0.4, -0.2) is 42.1 Å². The summed E-state index contributed by atoms with van der Waals surface area (Å²) in [4.78, 5) is 16.6. The highest BCUT2D eigenvalue weighted by Crippen LogP contribution is 2.21. The molecule has 22 heavy (non-hydrogen) atoms. The fourth-order valence-corrected chi connectivity index (χ4v) is 2.81. The van der Waals surface area contributed by atoms with Crippen LogP contribution in [-0.2, 0) is 6.42 Å². The average molecular weight is 300 g/mol. The van der Waals surface area contributed by atoms with Gasteiger partial charge in [-0.05, 0) is 30.3 Å². The fourth-order valence-electron chi connectivity index (χ4n) is 2.81. The van der Waals surface area contributed by atoms with Gasteiger partial charge in [-0.2, -0.15) is 0 Å². The first-order valence-corrected chi connectivity index (χ1v) is 7.58. The Morgan fingerprint density at radius 1 is 1.14 bits per heavy atom. The van der Waals surface area contributed by atoms with Gasteiger partial charge in [0.2, 0.25) is 0 Å². The number of nitrogens with zero attached hydrogens (tertiary/aromatic N) is 2. The molecule has 1 amide bonds. The van der Waals surface area contributed by atoms with Crippen molar-refractivity contribution in [2.45, 2.75) is 13.3 Å². The first-order valence-electron chi connectivity index (χ1n) is 7.58. The van der Waals surface area contributed by atoms with E-state index >= 15 is 0 Å². The Balaban J connectivity index is 1.64. The van der Waals surface area contributed by atoms with Crippen molar-refractivity contribution in [3.05, 3.63) is 47.9 Å². The zero-order valence-electron chi connectivity index (χ0n) is 12.7. The first kappa shape index (κ1) is 14.5. The quantitative estimate of drug-likeness (QED) is 0.946. The molecule has 0 spiro atoms. The molecule has 1 N–H and O–H groups in total. The van der Waals surface area contributed by atoms with Gasteiger partial charge >= 0.3 is 0 Å². The number of aryl methyl sites for hydroxylation is 1. The normalized spacial score (nSPS) is 15.1. The number of anilines is 1. The van der Waals surface area contributed by atoms with Gasteiger partial charge in [-0.3, -0.25) is 4.79 Å². The van der Waals surface area contributed by atoms with E-state index in [1.807, 2.05) is 24.0 Å². The summed E-state index contributed by atoms with van der Waals surface area (Å²) in [7, 11) is 0. The van der Waals surface area contributed by atoms with Crippen LogP contribution in [0.1, 0.15) is 23.0 Å². The zero-order chi connectivity index (χ0) is 15.5. The molecule has 1 saturated heterocycles. The zero-order valence-corrected chi connectivity index (χ0v) is 12.7. The average Bonchev–Trinajstić information content (AvgIpc) is 3.04. The Morgan fingerprint density at radius 2 is 1.82 bits per heavy atom. The molecule has 2 heterocycles. The molecule has 0 atom stereocenters. The molecule has 116 valence electrons. The van der Waals surface area contributed by atoms with E-state index in [2.05, 4.69) is 4.90 Å². The minimum atomic E-state index is 0.0518. The summed E-state index contributed by atoms with van der Waals surface area (Å²) < 4.78 is 5.35. The molecule has 0 unspecified atom stereocenters. The van der Waals surface area contributed by atoms with Gasteiger partial charge in [0, 0.05) is 38.3 Å². The van der Waals surface area contributed by atoms with Crippen molar-refractivity contribution < 1.29 is 14.3 Å². The molecule has 0 saturated carbocycles. The van der Waals surface area contributed by atoms with E-state index in [1.54, 1.807) is 24.5 Å². The predicted molar refractivity (Wildman–Crippen MR) is 84.3 cm³/mol. The van der Waals surface area contributed by atoms with Crippen LogP contribution in [0, 0.1) is 0 Å². The molecule has 5 heteroatoms. The molecule has 1 aromatic heterocycles. The number of hydrogen-bond donors (Lipinski definition) is 1. The number of carbonyl (C=O) groups is 1. The molecule has 5 nitrogen and oxygen atoms in total. The second kappa shape index (κ2) is 6.13. The van der Waals surface area contributed by atoms with Crippen molar-refractivity contribution in [2.75, 3.05) is 31.1 Å². The number of piperazine rings is 1. The number of benzene rings is 1. The van der Waals surface area contributed by atoms with E-state index in [0.29, 0.717) is 18.7 Å². The number of amides is 1. The first-order chi connectivity index (χ1) is 10.7. The van der Waals surface area contributed by atoms with Crippen molar-refractivity contribution in [3.63, 3.8) is 0 Å². The lowest BCUT2D eigenvalue weighted by Gasteiger charge is -2.36. The third-order valence-electron chi connectivity index (χ3n) is 4.08. The van der Waals surface area contributed by atoms with E-state index in [0.717, 1.165) is 31.0 Å². The van der Waals surface area contributed by atoms with E-state index < -0.39 is 0 Å². The topological polar surface area (TPSA) is 56.9 Å². The Bertz CT molecular complexity index is 640. The number of phenols is 1. The highest BCUT2D eigenvalue weighted by molar-refractivity contribution is 5.95. The van der Waals surface area contributed by atoms with Gasteiger partial charge in [0.1, 0.15) is 11.5 Å². The maximum atomic E-state index is 12.5. The van der Waals surface area contributed by atoms with Crippen LogP contribution < -0.4 is 4.90 Å². The minimum Gasteiger partial charge on any atom is -0.508 e. The number of rotatable bonds is 3. The van der Waals surface area contributed by atoms with Crippen LogP contribution in [0.25, 0.3) is 0 Å². The van der Waals surface area contributed by atoms with Crippen molar-refractivity contribution in [1.82, 2.24) is 4.90 Å². The minimum absolute atomic E-state index is 0.0518. The maximum absolute atomic E-state index is 12.5. The molecule has 1 aliphatic heterocycles. The lowest BCUT2D eigenvalue weighted by Crippen LogP contribution is -2.48. The van der Waals surface area contributed by atoms with Crippen LogP contribution in [0.3, 0.4) is 0 Å². The van der Waals surface area contributed by atoms with Crippen LogP contribution in [0.5, 0.6) is 5.75 Å². The number of furan rings is 1. The number of phenolic OH excluding ortho intramolecular Hbond substituents is 1. The monoisotopic (exact) mass is 300 g/mol. The molecule has 2 aromatic rings. The summed E-state index contributed by atoms with van der Waals surface area (Å²) in [5.74, 6) is 1.08. The van der Waals surface area contributed by atoms with Gasteiger partial charge in [0.15, 0.2) is 0 Å². The molecule has 1 fully saturated rings. The highest BCUT2D eigenvalue weighted by atomic mass is 16.3. The Morgan fingerprint density at radius 3 is 2.45 bits per heavy atom. The summed E-state index contributed by atoms with van der Waals surface area (Å²) in [5.41, 5.74) is 1.75. The lowest BCUT2D eigenvalue weighted by atomic mass is 10.1. The molecule has 0 radical (unpaired) electrons. The third-order valence-corrected chi connectivity index (χ3v) is 4.08. The third kappa shape index (κ3) is 2.79. The van der Waals surface area contributed by atoms with E-state index in [1.165, 1.54) is 0 Å². The van der Waals surface area contributed by atoms with Crippen LogP contribution >= 0.6 is 0 Å². The Kier molecular flexibility index (Phi) is 4.04. The van der Waals surface area contributed by atoms with E-state index in [-0.39, 0.29) is 11.7 Å². The van der Waals surface area contributed by atoms with Gasteiger partial charge in [0.25, 0.3) is 5.91 Å². The Labute approximate surface area is 129 Å². The van der Waals surface area contributed by atoms with E-state index in [9.17, 15) is 9.90 Å². The second-order valence-corrected chi connectivity index (χ2v) is 5.41. The molecule has 0 bridgehead atoms. The van der Waals surface area contributed by atoms with Crippen molar-refractivity contribution >= 4 is 11.6 Å². The Hall–Kier alpha value is -2.43. The predicted octanol–water partition coefficient (Wildman–Crippen LogP) is 2.51. The maximum Gasteiger partial charge on any atom is 0.257 e. The largest absolute Gasteiger partial charge is 0.508 e. The summed E-state index contributed by atoms with van der Waals surface area (Å²) in [5, 5.41) is 9.34. The van der Waals surface area contributed by atoms with Crippen molar-refractivity contribution in [3.8, 4) is 5.75 Å². The second-order valence-electron chi connectivity index (χ2n) is 5.41. The van der Waals surface area contributed by atoms with Crippen molar-refractivity contribution in [2.24, 2.45) is 0 Å². The molecule has 1 aromatic carbocycles. The molecule has 1 aliphatic rings. The van der Waals surface area contributed by atoms with E-state index in [4.69, 9.17) is 4.42 Å². The standard InChI is InChI=1S/C17H20N2O3/c1-2-16-15(7-12-22-16)17(21)19-10-8-18(9-11-19)13-3-5-14(20)6-4-13/h3-7,12,20H,2,8-11H2,1H3. The van der Waals surface area contributed by atoms with Gasteiger partial charge in [-0.15, -0.1) is 0 Å². The summed E-state index contributed by atoms with van der Waals surface area (Å²) in [6.45, 7) is 4.94. The molecular weight excluding hydrogens is 280 g/mol. The molecule has 3 rings (SSSR count). The summed E-state index contributed by atoms with van der Waals surface area (Å²) in [6, 6.07) is 8.93. The van der Waals surface area contributed by atoms with Gasteiger partial charge < -0.3 is 19.3 Å². The van der Waals surface area contributed by atoms with Gasteiger partial charge in [0.05, 0.1) is 11.8 Å². The number of hydrogen-bond acceptors (Lipinski definition) is 4. The van der Waals surface area contributed by atoms with Gasteiger partial charge in [-0.25, -0.2) is 0 Å². The fraction of sp³-hybridized carbons (Fsp3) is 0.353. The van der Waals surface area contributed by atoms with Crippen LogP contribution in [0.15, 0.2) is 41.0 Å². The SMILES string of the molecule is CCc1occc1C(=O)N1CCN(c2ccc(O)cc2)CC1. The highest BCUT2D eigenvalue weighted by Gasteiger charge is 2.24. The van der Waals surface area contributed by atoms with Crippen LogP contribution in [0.4, 0.5) is 5.69 Å². The molecular formula is C17H20N2O3.